The molecule has 0 spiro atoms. The standard InChI is InChI=1S/C29H26BrN3O2/c1-20-6-2-3-7-23(20)29(35)33-18-16-32(17-19-33)22-14-12-21(13-15-22)31-28(34)26-10-4-9-25-24(26)8-5-11-27(25)30/h2-15H,16-19H2,1H3,(H,31,34). The Bertz CT molecular complexity index is 1390. The lowest BCUT2D eigenvalue weighted by Gasteiger charge is -2.36. The van der Waals surface area contributed by atoms with Crippen LogP contribution in [0.15, 0.2) is 89.4 Å². The molecular weight excluding hydrogens is 502 g/mol. The summed E-state index contributed by atoms with van der Waals surface area (Å²) in [6.45, 7) is 4.88. The van der Waals surface area contributed by atoms with Gasteiger partial charge in [0.25, 0.3) is 11.8 Å². The number of halogens is 1. The van der Waals surface area contributed by atoms with Gasteiger partial charge >= 0.3 is 0 Å². The van der Waals surface area contributed by atoms with E-state index in [-0.39, 0.29) is 11.8 Å². The first-order valence-electron chi connectivity index (χ1n) is 11.7. The van der Waals surface area contributed by atoms with Crippen molar-refractivity contribution >= 4 is 49.9 Å². The van der Waals surface area contributed by atoms with Crippen molar-refractivity contribution in [3.8, 4) is 0 Å². The van der Waals surface area contributed by atoms with E-state index in [1.807, 2.05) is 96.8 Å². The van der Waals surface area contributed by atoms with Crippen LogP contribution in [0, 0.1) is 6.92 Å². The third kappa shape index (κ3) is 4.80. The molecular formula is C29H26BrN3O2. The van der Waals surface area contributed by atoms with Crippen molar-refractivity contribution in [2.45, 2.75) is 6.92 Å². The van der Waals surface area contributed by atoms with Crippen LogP contribution >= 0.6 is 15.9 Å². The number of anilines is 2. The van der Waals surface area contributed by atoms with Crippen LogP contribution in [-0.2, 0) is 0 Å². The summed E-state index contributed by atoms with van der Waals surface area (Å²) >= 11 is 3.56. The number of benzene rings is 4. The average molecular weight is 528 g/mol. The fraction of sp³-hybridized carbons (Fsp3) is 0.172. The Labute approximate surface area is 213 Å². The highest BCUT2D eigenvalue weighted by Crippen LogP contribution is 2.27. The molecule has 1 saturated heterocycles. The third-order valence-corrected chi connectivity index (χ3v) is 7.24. The zero-order chi connectivity index (χ0) is 24.4. The van der Waals surface area contributed by atoms with Crippen molar-refractivity contribution < 1.29 is 9.59 Å². The fourth-order valence-corrected chi connectivity index (χ4v) is 5.07. The van der Waals surface area contributed by atoms with E-state index in [9.17, 15) is 9.59 Å². The van der Waals surface area contributed by atoms with Crippen molar-refractivity contribution in [1.82, 2.24) is 4.90 Å². The Morgan fingerprint density at radius 1 is 0.743 bits per heavy atom. The molecule has 0 bridgehead atoms. The van der Waals surface area contributed by atoms with Gasteiger partial charge in [-0.2, -0.15) is 0 Å². The molecule has 1 N–H and O–H groups in total. The van der Waals surface area contributed by atoms with Gasteiger partial charge in [-0.25, -0.2) is 0 Å². The molecule has 4 aromatic carbocycles. The molecule has 5 rings (SSSR count). The van der Waals surface area contributed by atoms with Gasteiger partial charge in [0.05, 0.1) is 0 Å². The number of rotatable bonds is 4. The second-order valence-corrected chi connectivity index (χ2v) is 9.59. The molecule has 1 heterocycles. The average Bonchev–Trinajstić information content (AvgIpc) is 2.89. The van der Waals surface area contributed by atoms with Gasteiger partial charge in [0, 0.05) is 53.2 Å². The molecule has 35 heavy (non-hydrogen) atoms. The molecule has 2 amide bonds. The maximum Gasteiger partial charge on any atom is 0.256 e. The molecule has 0 unspecified atom stereocenters. The minimum atomic E-state index is -0.134. The van der Waals surface area contributed by atoms with Crippen molar-refractivity contribution in [2.24, 2.45) is 0 Å². The summed E-state index contributed by atoms with van der Waals surface area (Å²) < 4.78 is 0.967. The topological polar surface area (TPSA) is 52.7 Å². The van der Waals surface area contributed by atoms with Gasteiger partial charge in [-0.05, 0) is 65.7 Å². The van der Waals surface area contributed by atoms with Gasteiger partial charge in [-0.3, -0.25) is 9.59 Å². The summed E-state index contributed by atoms with van der Waals surface area (Å²) in [5.74, 6) is -0.0361. The first kappa shape index (κ1) is 23.1. The van der Waals surface area contributed by atoms with Crippen LogP contribution in [0.5, 0.6) is 0 Å². The second-order valence-electron chi connectivity index (χ2n) is 8.74. The molecule has 176 valence electrons. The summed E-state index contributed by atoms with van der Waals surface area (Å²) in [7, 11) is 0. The maximum absolute atomic E-state index is 13.0. The van der Waals surface area contributed by atoms with E-state index in [1.54, 1.807) is 0 Å². The number of fused-ring (bicyclic) bond motifs is 1. The molecule has 4 aromatic rings. The normalized spacial score (nSPS) is 13.7. The predicted octanol–water partition coefficient (Wildman–Crippen LogP) is 6.13. The van der Waals surface area contributed by atoms with E-state index < -0.39 is 0 Å². The predicted molar refractivity (Wildman–Crippen MR) is 145 cm³/mol. The van der Waals surface area contributed by atoms with Crippen LogP contribution in [0.3, 0.4) is 0 Å². The third-order valence-electron chi connectivity index (χ3n) is 6.55. The van der Waals surface area contributed by atoms with E-state index in [4.69, 9.17) is 0 Å². The van der Waals surface area contributed by atoms with Gasteiger partial charge in [-0.1, -0.05) is 58.4 Å². The number of nitrogens with zero attached hydrogens (tertiary/aromatic N) is 2. The van der Waals surface area contributed by atoms with Crippen LogP contribution in [0.2, 0.25) is 0 Å². The number of amides is 2. The van der Waals surface area contributed by atoms with Gasteiger partial charge < -0.3 is 15.1 Å². The molecule has 1 aliphatic heterocycles. The van der Waals surface area contributed by atoms with E-state index >= 15 is 0 Å². The second kappa shape index (κ2) is 9.92. The number of carbonyl (C=O) groups is 2. The molecule has 0 aromatic heterocycles. The summed E-state index contributed by atoms with van der Waals surface area (Å²) in [6, 6.07) is 27.3. The Kier molecular flexibility index (Phi) is 6.55. The highest BCUT2D eigenvalue weighted by molar-refractivity contribution is 9.10. The van der Waals surface area contributed by atoms with Crippen LogP contribution < -0.4 is 10.2 Å². The fourth-order valence-electron chi connectivity index (χ4n) is 4.57. The molecule has 0 radical (unpaired) electrons. The first-order chi connectivity index (χ1) is 17.0. The van der Waals surface area contributed by atoms with Crippen LogP contribution in [0.25, 0.3) is 10.8 Å². The van der Waals surface area contributed by atoms with Gasteiger partial charge in [0.1, 0.15) is 0 Å². The minimum absolute atomic E-state index is 0.0984. The number of piperazine rings is 1. The lowest BCUT2D eigenvalue weighted by molar-refractivity contribution is 0.0746. The van der Waals surface area contributed by atoms with Crippen molar-refractivity contribution in [3.05, 3.63) is 106 Å². The molecule has 0 aliphatic carbocycles. The molecule has 1 fully saturated rings. The molecule has 0 saturated carbocycles. The van der Waals surface area contributed by atoms with Crippen LogP contribution in [-0.4, -0.2) is 42.9 Å². The Balaban J connectivity index is 1.23. The highest BCUT2D eigenvalue weighted by atomic mass is 79.9. The van der Waals surface area contributed by atoms with Crippen molar-refractivity contribution in [2.75, 3.05) is 36.4 Å². The van der Waals surface area contributed by atoms with E-state index in [0.717, 1.165) is 50.8 Å². The SMILES string of the molecule is Cc1ccccc1C(=O)N1CCN(c2ccc(NC(=O)c3cccc4c(Br)cccc34)cc2)CC1. The van der Waals surface area contributed by atoms with Gasteiger partial charge in [-0.15, -0.1) is 0 Å². The Morgan fingerprint density at radius 2 is 1.40 bits per heavy atom. The summed E-state index contributed by atoms with van der Waals surface area (Å²) in [6.07, 6.45) is 0. The summed E-state index contributed by atoms with van der Waals surface area (Å²) in [4.78, 5) is 30.1. The number of carbonyl (C=O) groups excluding carboxylic acids is 2. The largest absolute Gasteiger partial charge is 0.368 e. The highest BCUT2D eigenvalue weighted by Gasteiger charge is 2.23. The maximum atomic E-state index is 13.0. The van der Waals surface area contributed by atoms with Crippen molar-refractivity contribution in [1.29, 1.82) is 0 Å². The van der Waals surface area contributed by atoms with E-state index in [0.29, 0.717) is 18.7 Å². The minimum Gasteiger partial charge on any atom is -0.368 e. The summed E-state index contributed by atoms with van der Waals surface area (Å²) in [5, 5.41) is 4.94. The van der Waals surface area contributed by atoms with Crippen LogP contribution in [0.1, 0.15) is 26.3 Å². The number of hydrogen-bond acceptors (Lipinski definition) is 3. The zero-order valence-electron chi connectivity index (χ0n) is 19.5. The lowest BCUT2D eigenvalue weighted by Crippen LogP contribution is -2.48. The van der Waals surface area contributed by atoms with E-state index in [1.165, 1.54) is 0 Å². The number of hydrogen-bond donors (Lipinski definition) is 1. The molecule has 0 atom stereocenters. The quantitative estimate of drug-likeness (QED) is 0.347. The lowest BCUT2D eigenvalue weighted by atomic mass is 10.0. The van der Waals surface area contributed by atoms with Crippen LogP contribution in [0.4, 0.5) is 11.4 Å². The van der Waals surface area contributed by atoms with Crippen molar-refractivity contribution in [3.63, 3.8) is 0 Å². The zero-order valence-corrected chi connectivity index (χ0v) is 21.1. The molecule has 5 nitrogen and oxygen atoms in total. The number of aryl methyl sites for hydroxylation is 1. The molecule has 6 heteroatoms. The van der Waals surface area contributed by atoms with E-state index in [2.05, 4.69) is 26.1 Å². The van der Waals surface area contributed by atoms with Gasteiger partial charge in [0.2, 0.25) is 0 Å². The number of nitrogens with one attached hydrogen (secondary N) is 1. The first-order valence-corrected chi connectivity index (χ1v) is 12.5. The molecule has 1 aliphatic rings. The van der Waals surface area contributed by atoms with Gasteiger partial charge in [0.15, 0.2) is 0 Å². The Morgan fingerprint density at radius 3 is 2.14 bits per heavy atom. The Hall–Kier alpha value is -3.64. The monoisotopic (exact) mass is 527 g/mol. The summed E-state index contributed by atoms with van der Waals surface area (Å²) in [5.41, 5.74) is 4.26. The smallest absolute Gasteiger partial charge is 0.256 e.